The minimum atomic E-state index is -0.942. The van der Waals surface area contributed by atoms with Crippen molar-refractivity contribution in [2.24, 2.45) is 0 Å². The molecule has 0 bridgehead atoms. The van der Waals surface area contributed by atoms with Gasteiger partial charge in [-0.25, -0.2) is 4.79 Å². The predicted octanol–water partition coefficient (Wildman–Crippen LogP) is 3.58. The van der Waals surface area contributed by atoms with Gasteiger partial charge in [-0.2, -0.15) is 0 Å². The quantitative estimate of drug-likeness (QED) is 0.696. The lowest BCUT2D eigenvalue weighted by Crippen LogP contribution is -1.94. The van der Waals surface area contributed by atoms with E-state index in [4.69, 9.17) is 5.11 Å². The largest absolute Gasteiger partial charge is 0.478 e. The molecule has 1 heterocycles. The van der Waals surface area contributed by atoms with Gasteiger partial charge in [-0.05, 0) is 60.7 Å². The molecule has 3 heteroatoms. The van der Waals surface area contributed by atoms with E-state index in [1.807, 2.05) is 36.4 Å². The highest BCUT2D eigenvalue weighted by atomic mass is 16.4. The Bertz CT molecular complexity index is 997. The van der Waals surface area contributed by atoms with Crippen molar-refractivity contribution < 1.29 is 9.90 Å². The van der Waals surface area contributed by atoms with E-state index in [0.29, 0.717) is 0 Å². The third kappa shape index (κ3) is 4.58. The number of nitrogens with zero attached hydrogens (tertiary/aromatic N) is 1. The van der Waals surface area contributed by atoms with Crippen LogP contribution in [0, 0.1) is 23.7 Å². The molecule has 3 rings (SSSR count). The highest BCUT2D eigenvalue weighted by molar-refractivity contribution is 5.87. The average molecular weight is 323 g/mol. The van der Waals surface area contributed by atoms with Gasteiger partial charge >= 0.3 is 5.97 Å². The Balaban J connectivity index is 1.71. The molecule has 118 valence electrons. The van der Waals surface area contributed by atoms with Crippen LogP contribution in [0.15, 0.2) is 73.1 Å². The summed E-state index contributed by atoms with van der Waals surface area (Å²) in [5.74, 6) is 11.3. The van der Waals surface area contributed by atoms with Crippen LogP contribution in [0.3, 0.4) is 0 Å². The first-order valence-electron chi connectivity index (χ1n) is 7.58. The third-order valence-electron chi connectivity index (χ3n) is 3.40. The molecule has 3 nitrogen and oxygen atoms in total. The number of carboxylic acid groups (broad SMARTS) is 1. The molecule has 0 spiro atoms. The van der Waals surface area contributed by atoms with Crippen LogP contribution in [-0.4, -0.2) is 16.1 Å². The van der Waals surface area contributed by atoms with Gasteiger partial charge in [0.1, 0.15) is 0 Å². The molecule has 0 amide bonds. The van der Waals surface area contributed by atoms with E-state index in [2.05, 4.69) is 28.7 Å². The number of benzene rings is 2. The van der Waals surface area contributed by atoms with E-state index in [9.17, 15) is 4.79 Å². The van der Waals surface area contributed by atoms with Crippen molar-refractivity contribution in [3.05, 3.63) is 101 Å². The van der Waals surface area contributed by atoms with Gasteiger partial charge in [-0.1, -0.05) is 23.7 Å². The van der Waals surface area contributed by atoms with Crippen molar-refractivity contribution in [2.75, 3.05) is 0 Å². The third-order valence-corrected chi connectivity index (χ3v) is 3.40. The Morgan fingerprint density at radius 1 is 0.640 bits per heavy atom. The van der Waals surface area contributed by atoms with Crippen LogP contribution < -0.4 is 0 Å². The molecular weight excluding hydrogens is 310 g/mol. The molecule has 0 aliphatic carbocycles. The smallest absolute Gasteiger partial charge is 0.335 e. The lowest BCUT2D eigenvalue weighted by Gasteiger charge is -1.94. The van der Waals surface area contributed by atoms with Crippen LogP contribution in [0.1, 0.15) is 32.6 Å². The Kier molecular flexibility index (Phi) is 4.90. The highest BCUT2D eigenvalue weighted by Crippen LogP contribution is 2.05. The van der Waals surface area contributed by atoms with Crippen LogP contribution in [0.5, 0.6) is 0 Å². The summed E-state index contributed by atoms with van der Waals surface area (Å²) in [6.45, 7) is 0. The number of pyridine rings is 1. The Morgan fingerprint density at radius 2 is 1.00 bits per heavy atom. The van der Waals surface area contributed by atoms with Crippen molar-refractivity contribution in [1.29, 1.82) is 0 Å². The van der Waals surface area contributed by atoms with E-state index in [1.165, 1.54) is 0 Å². The summed E-state index contributed by atoms with van der Waals surface area (Å²) >= 11 is 0. The maximum Gasteiger partial charge on any atom is 0.335 e. The predicted molar refractivity (Wildman–Crippen MR) is 96.0 cm³/mol. The summed E-state index contributed by atoms with van der Waals surface area (Å²) in [5, 5.41) is 8.88. The van der Waals surface area contributed by atoms with Gasteiger partial charge in [0.05, 0.1) is 5.56 Å². The van der Waals surface area contributed by atoms with E-state index in [1.54, 1.807) is 36.7 Å². The maximum atomic E-state index is 10.8. The molecule has 2 aromatic carbocycles. The van der Waals surface area contributed by atoms with E-state index in [-0.39, 0.29) is 5.56 Å². The SMILES string of the molecule is O=C(O)c1ccc(C#Cc2ccc(C#Cc3ccncc3)cc2)cc1. The minimum absolute atomic E-state index is 0.252. The normalized spacial score (nSPS) is 9.28. The number of aromatic carboxylic acids is 1. The summed E-state index contributed by atoms with van der Waals surface area (Å²) in [6.07, 6.45) is 3.43. The minimum Gasteiger partial charge on any atom is -0.478 e. The fourth-order valence-corrected chi connectivity index (χ4v) is 2.06. The van der Waals surface area contributed by atoms with Gasteiger partial charge in [0.15, 0.2) is 0 Å². The highest BCUT2D eigenvalue weighted by Gasteiger charge is 1.99. The molecule has 3 aromatic rings. The van der Waals surface area contributed by atoms with E-state index >= 15 is 0 Å². The zero-order valence-electron chi connectivity index (χ0n) is 13.2. The van der Waals surface area contributed by atoms with Gasteiger partial charge < -0.3 is 5.11 Å². The first-order valence-corrected chi connectivity index (χ1v) is 7.58. The molecule has 0 fully saturated rings. The summed E-state index contributed by atoms with van der Waals surface area (Å²) in [4.78, 5) is 14.8. The number of carbonyl (C=O) groups is 1. The van der Waals surface area contributed by atoms with Crippen molar-refractivity contribution in [3.63, 3.8) is 0 Å². The van der Waals surface area contributed by atoms with Crippen molar-refractivity contribution in [3.8, 4) is 23.7 Å². The van der Waals surface area contributed by atoms with Crippen LogP contribution in [0.2, 0.25) is 0 Å². The molecular formula is C22H13NO2. The molecule has 0 aliphatic heterocycles. The van der Waals surface area contributed by atoms with Gasteiger partial charge in [0, 0.05) is 34.6 Å². The fourth-order valence-electron chi connectivity index (χ4n) is 2.06. The monoisotopic (exact) mass is 323 g/mol. The van der Waals surface area contributed by atoms with Crippen molar-refractivity contribution in [1.82, 2.24) is 4.98 Å². The summed E-state index contributed by atoms with van der Waals surface area (Å²) < 4.78 is 0. The Labute approximate surface area is 146 Å². The maximum absolute atomic E-state index is 10.8. The standard InChI is InChI=1S/C22H13NO2/c24-22(25)21-11-9-19(10-12-21)6-5-17-1-3-18(4-2-17)7-8-20-13-15-23-16-14-20/h1-4,9-16H,(H,24,25). The average Bonchev–Trinajstić information content (AvgIpc) is 2.67. The second-order valence-electron chi connectivity index (χ2n) is 5.20. The fraction of sp³-hybridized carbons (Fsp3) is 0. The van der Waals surface area contributed by atoms with Crippen LogP contribution in [0.4, 0.5) is 0 Å². The number of rotatable bonds is 1. The number of hydrogen-bond acceptors (Lipinski definition) is 2. The molecule has 0 unspecified atom stereocenters. The molecule has 0 atom stereocenters. The summed E-state index contributed by atoms with van der Waals surface area (Å²) in [6, 6.07) is 17.9. The number of carboxylic acids is 1. The first-order chi connectivity index (χ1) is 12.2. The van der Waals surface area contributed by atoms with Gasteiger partial charge in [-0.15, -0.1) is 0 Å². The molecule has 0 aliphatic rings. The molecule has 0 saturated carbocycles. The lowest BCUT2D eigenvalue weighted by atomic mass is 10.1. The molecule has 0 radical (unpaired) electrons. The Morgan fingerprint density at radius 3 is 1.40 bits per heavy atom. The second kappa shape index (κ2) is 7.64. The molecule has 1 aromatic heterocycles. The first kappa shape index (κ1) is 16.1. The van der Waals surface area contributed by atoms with E-state index < -0.39 is 5.97 Å². The molecule has 1 N–H and O–H groups in total. The van der Waals surface area contributed by atoms with Gasteiger partial charge in [0.25, 0.3) is 0 Å². The number of aromatic nitrogens is 1. The van der Waals surface area contributed by atoms with Crippen LogP contribution >= 0.6 is 0 Å². The van der Waals surface area contributed by atoms with E-state index in [0.717, 1.165) is 22.3 Å². The zero-order valence-corrected chi connectivity index (χ0v) is 13.2. The zero-order chi connectivity index (χ0) is 17.5. The van der Waals surface area contributed by atoms with Gasteiger partial charge in [0.2, 0.25) is 0 Å². The van der Waals surface area contributed by atoms with Crippen LogP contribution in [0.25, 0.3) is 0 Å². The second-order valence-corrected chi connectivity index (χ2v) is 5.20. The van der Waals surface area contributed by atoms with Gasteiger partial charge in [-0.3, -0.25) is 4.98 Å². The number of hydrogen-bond donors (Lipinski definition) is 1. The molecule has 25 heavy (non-hydrogen) atoms. The van der Waals surface area contributed by atoms with Crippen LogP contribution in [-0.2, 0) is 0 Å². The molecule has 0 saturated heterocycles. The lowest BCUT2D eigenvalue weighted by molar-refractivity contribution is 0.0697. The Hall–Kier alpha value is -3.82. The van der Waals surface area contributed by atoms with Crippen molar-refractivity contribution >= 4 is 5.97 Å². The summed E-state index contributed by atoms with van der Waals surface area (Å²) in [5.41, 5.74) is 3.72. The topological polar surface area (TPSA) is 50.2 Å². The summed E-state index contributed by atoms with van der Waals surface area (Å²) in [7, 11) is 0. The van der Waals surface area contributed by atoms with Crippen molar-refractivity contribution in [2.45, 2.75) is 0 Å².